The van der Waals surface area contributed by atoms with Crippen LogP contribution in [0.4, 0.5) is 0 Å². The van der Waals surface area contributed by atoms with Crippen molar-refractivity contribution >= 4 is 17.1 Å². The summed E-state index contributed by atoms with van der Waals surface area (Å²) in [6, 6.07) is 6.19. The smallest absolute Gasteiger partial charge is 0.151 e. The molecule has 0 spiro atoms. The first kappa shape index (κ1) is 12.6. The molecule has 94 valence electrons. The van der Waals surface area contributed by atoms with Crippen molar-refractivity contribution in [2.75, 3.05) is 7.11 Å². The van der Waals surface area contributed by atoms with Gasteiger partial charge in [0.25, 0.3) is 0 Å². The van der Waals surface area contributed by atoms with Gasteiger partial charge in [0, 0.05) is 28.5 Å². The lowest BCUT2D eigenvalue weighted by atomic mass is 10.1. The van der Waals surface area contributed by atoms with Crippen LogP contribution in [0.2, 0.25) is 0 Å². The van der Waals surface area contributed by atoms with Crippen LogP contribution in [-0.4, -0.2) is 12.1 Å². The van der Waals surface area contributed by atoms with E-state index in [1.54, 1.807) is 18.4 Å². The molecule has 2 N–H and O–H groups in total. The van der Waals surface area contributed by atoms with Gasteiger partial charge in [-0.05, 0) is 31.5 Å². The van der Waals surface area contributed by atoms with Gasteiger partial charge in [-0.2, -0.15) is 0 Å². The molecule has 0 unspecified atom stereocenters. The Balaban J connectivity index is 2.44. The van der Waals surface area contributed by atoms with Gasteiger partial charge >= 0.3 is 0 Å². The van der Waals surface area contributed by atoms with E-state index in [4.69, 9.17) is 10.5 Å². The van der Waals surface area contributed by atoms with Crippen molar-refractivity contribution in [3.8, 4) is 11.1 Å². The van der Waals surface area contributed by atoms with Gasteiger partial charge in [-0.25, -0.2) is 0 Å². The highest BCUT2D eigenvalue weighted by atomic mass is 32.1. The van der Waals surface area contributed by atoms with Gasteiger partial charge in [0.15, 0.2) is 5.76 Å². The van der Waals surface area contributed by atoms with E-state index in [2.05, 4.69) is 24.0 Å². The maximum absolute atomic E-state index is 5.54. The van der Waals surface area contributed by atoms with E-state index in [1.165, 1.54) is 16.6 Å². The van der Waals surface area contributed by atoms with E-state index >= 15 is 0 Å². The fourth-order valence-electron chi connectivity index (χ4n) is 1.77. The van der Waals surface area contributed by atoms with Crippen LogP contribution < -0.4 is 5.73 Å². The standard InChI is InChI=1S/C14H16N2OS/c1-9-4-5-11(8-16-9)12-6-14(18-10(12)2)13(7-15)17-3/h4-8H,15H2,1-3H3/b13-7-. The van der Waals surface area contributed by atoms with Gasteiger partial charge in [0.2, 0.25) is 0 Å². The molecule has 0 fully saturated rings. The number of nitrogens with zero attached hydrogens (tertiary/aromatic N) is 1. The van der Waals surface area contributed by atoms with E-state index in [-0.39, 0.29) is 0 Å². The number of hydrogen-bond acceptors (Lipinski definition) is 4. The van der Waals surface area contributed by atoms with Gasteiger partial charge in [-0.15, -0.1) is 11.3 Å². The van der Waals surface area contributed by atoms with Crippen LogP contribution in [0.25, 0.3) is 16.9 Å². The van der Waals surface area contributed by atoms with Crippen molar-refractivity contribution in [2.45, 2.75) is 13.8 Å². The van der Waals surface area contributed by atoms with Crippen molar-refractivity contribution in [1.29, 1.82) is 0 Å². The highest BCUT2D eigenvalue weighted by Crippen LogP contribution is 2.34. The molecule has 3 nitrogen and oxygen atoms in total. The second kappa shape index (κ2) is 5.23. The number of ether oxygens (including phenoxy) is 1. The fourth-order valence-corrected chi connectivity index (χ4v) is 2.81. The van der Waals surface area contributed by atoms with Crippen LogP contribution in [-0.2, 0) is 4.74 Å². The van der Waals surface area contributed by atoms with Gasteiger partial charge in [-0.1, -0.05) is 6.07 Å². The molecule has 0 saturated heterocycles. The second-order valence-corrected chi connectivity index (χ2v) is 5.26. The predicted octanol–water partition coefficient (Wildman–Crippen LogP) is 3.33. The summed E-state index contributed by atoms with van der Waals surface area (Å²) in [5, 5.41) is 0. The maximum Gasteiger partial charge on any atom is 0.151 e. The first-order valence-corrected chi connectivity index (χ1v) is 6.47. The first-order valence-electron chi connectivity index (χ1n) is 5.65. The van der Waals surface area contributed by atoms with E-state index in [0.29, 0.717) is 5.76 Å². The first-order chi connectivity index (χ1) is 8.65. The Morgan fingerprint density at radius 3 is 2.72 bits per heavy atom. The number of aryl methyl sites for hydroxylation is 2. The highest BCUT2D eigenvalue weighted by molar-refractivity contribution is 7.13. The minimum absolute atomic E-state index is 0.703. The van der Waals surface area contributed by atoms with Crippen molar-refractivity contribution in [2.24, 2.45) is 5.73 Å². The van der Waals surface area contributed by atoms with Crippen LogP contribution >= 0.6 is 11.3 Å². The highest BCUT2D eigenvalue weighted by Gasteiger charge is 2.11. The molecular formula is C14H16N2OS. The molecule has 4 heteroatoms. The minimum atomic E-state index is 0.703. The molecule has 2 rings (SSSR count). The summed E-state index contributed by atoms with van der Waals surface area (Å²) >= 11 is 1.67. The summed E-state index contributed by atoms with van der Waals surface area (Å²) in [5.74, 6) is 0.703. The van der Waals surface area contributed by atoms with Crippen LogP contribution in [0.15, 0.2) is 30.6 Å². The Kier molecular flexibility index (Phi) is 3.67. The van der Waals surface area contributed by atoms with E-state index in [9.17, 15) is 0 Å². The SMILES string of the molecule is CO/C(=C\N)c1cc(-c2ccc(C)nc2)c(C)s1. The average molecular weight is 260 g/mol. The molecule has 0 aliphatic carbocycles. The van der Waals surface area contributed by atoms with E-state index in [0.717, 1.165) is 16.1 Å². The molecule has 2 heterocycles. The minimum Gasteiger partial charge on any atom is -0.494 e. The van der Waals surface area contributed by atoms with Crippen molar-refractivity contribution in [3.05, 3.63) is 46.0 Å². The average Bonchev–Trinajstić information content (AvgIpc) is 2.74. The lowest BCUT2D eigenvalue weighted by molar-refractivity contribution is 0.370. The number of pyridine rings is 1. The van der Waals surface area contributed by atoms with Crippen molar-refractivity contribution in [3.63, 3.8) is 0 Å². The maximum atomic E-state index is 5.54. The summed E-state index contributed by atoms with van der Waals surface area (Å²) in [5.41, 5.74) is 8.86. The lowest BCUT2D eigenvalue weighted by Gasteiger charge is -2.01. The summed E-state index contributed by atoms with van der Waals surface area (Å²) < 4.78 is 5.24. The number of hydrogen-bond donors (Lipinski definition) is 1. The van der Waals surface area contributed by atoms with Gasteiger partial charge in [-0.3, -0.25) is 4.98 Å². The number of nitrogens with two attached hydrogens (primary N) is 1. The van der Waals surface area contributed by atoms with Crippen LogP contribution in [0, 0.1) is 13.8 Å². The summed E-state index contributed by atoms with van der Waals surface area (Å²) in [7, 11) is 1.63. The molecule has 0 saturated carbocycles. The molecular weight excluding hydrogens is 244 g/mol. The largest absolute Gasteiger partial charge is 0.494 e. The lowest BCUT2D eigenvalue weighted by Crippen LogP contribution is -1.88. The van der Waals surface area contributed by atoms with Crippen LogP contribution in [0.5, 0.6) is 0 Å². The number of methoxy groups -OCH3 is 1. The zero-order valence-electron chi connectivity index (χ0n) is 10.7. The van der Waals surface area contributed by atoms with Crippen molar-refractivity contribution < 1.29 is 4.74 Å². The molecule has 0 amide bonds. The molecule has 0 aliphatic rings. The Labute approximate surface area is 111 Å². The van der Waals surface area contributed by atoms with Gasteiger partial charge in [0.1, 0.15) is 0 Å². The second-order valence-electron chi connectivity index (χ2n) is 4.00. The summed E-state index contributed by atoms with van der Waals surface area (Å²) in [6.07, 6.45) is 3.38. The summed E-state index contributed by atoms with van der Waals surface area (Å²) in [6.45, 7) is 4.07. The van der Waals surface area contributed by atoms with Gasteiger partial charge < -0.3 is 10.5 Å². The number of thiophene rings is 1. The Morgan fingerprint density at radius 2 is 2.17 bits per heavy atom. The molecule has 0 bridgehead atoms. The zero-order chi connectivity index (χ0) is 13.1. The molecule has 0 aromatic carbocycles. The van der Waals surface area contributed by atoms with E-state index in [1.807, 2.05) is 19.2 Å². The Hall–Kier alpha value is -1.81. The Morgan fingerprint density at radius 1 is 1.39 bits per heavy atom. The van der Waals surface area contributed by atoms with E-state index < -0.39 is 0 Å². The summed E-state index contributed by atoms with van der Waals surface area (Å²) in [4.78, 5) is 6.59. The van der Waals surface area contributed by atoms with Crippen LogP contribution in [0.3, 0.4) is 0 Å². The number of rotatable bonds is 3. The zero-order valence-corrected chi connectivity index (χ0v) is 11.5. The molecule has 2 aromatic rings. The molecule has 0 aliphatic heterocycles. The van der Waals surface area contributed by atoms with Gasteiger partial charge in [0.05, 0.1) is 12.0 Å². The van der Waals surface area contributed by atoms with Crippen LogP contribution in [0.1, 0.15) is 15.4 Å². The quantitative estimate of drug-likeness (QED) is 0.861. The number of aromatic nitrogens is 1. The van der Waals surface area contributed by atoms with Crippen molar-refractivity contribution in [1.82, 2.24) is 4.98 Å². The third-order valence-electron chi connectivity index (χ3n) is 2.75. The molecule has 0 atom stereocenters. The normalized spacial score (nSPS) is 11.6. The third-order valence-corrected chi connectivity index (χ3v) is 3.82. The predicted molar refractivity (Wildman–Crippen MR) is 76.2 cm³/mol. The third kappa shape index (κ3) is 2.38. The Bertz CT molecular complexity index is 570. The topological polar surface area (TPSA) is 48.1 Å². The monoisotopic (exact) mass is 260 g/mol. The molecule has 2 aromatic heterocycles. The molecule has 18 heavy (non-hydrogen) atoms. The molecule has 0 radical (unpaired) electrons. The fraction of sp³-hybridized carbons (Fsp3) is 0.214.